The molecule has 0 radical (unpaired) electrons. The van der Waals surface area contributed by atoms with Crippen LogP contribution in [0.15, 0.2) is 66.9 Å². The minimum atomic E-state index is -0.751. The van der Waals surface area contributed by atoms with Crippen molar-refractivity contribution >= 4 is 23.2 Å². The van der Waals surface area contributed by atoms with Gasteiger partial charge in [0.2, 0.25) is 18.3 Å². The van der Waals surface area contributed by atoms with Gasteiger partial charge in [-0.25, -0.2) is 0 Å². The number of amides is 2. The third-order valence-corrected chi connectivity index (χ3v) is 5.35. The van der Waals surface area contributed by atoms with Gasteiger partial charge in [0, 0.05) is 23.5 Å². The maximum Gasteiger partial charge on any atom is 0.294 e. The monoisotopic (exact) mass is 513 g/mol. The van der Waals surface area contributed by atoms with Crippen molar-refractivity contribution < 1.29 is 38.1 Å². The number of carbonyl (C=O) groups excluding carboxylic acids is 2. The van der Waals surface area contributed by atoms with Crippen LogP contribution in [-0.4, -0.2) is 11.8 Å². The molecular formula is C24H24IN3O2. The van der Waals surface area contributed by atoms with E-state index in [-0.39, 0.29) is 42.3 Å². The Bertz CT molecular complexity index is 1110. The summed E-state index contributed by atoms with van der Waals surface area (Å²) in [5.74, 6) is -0.335. The number of hydrogen-bond donors (Lipinski definition) is 1. The fourth-order valence-electron chi connectivity index (χ4n) is 3.89. The van der Waals surface area contributed by atoms with Crippen molar-refractivity contribution in [3.05, 3.63) is 89.2 Å². The molecule has 154 valence electrons. The zero-order valence-corrected chi connectivity index (χ0v) is 19.4. The first-order chi connectivity index (χ1) is 14.0. The van der Waals surface area contributed by atoms with Crippen LogP contribution < -0.4 is 38.8 Å². The number of para-hydroxylation sites is 1. The molecule has 2 heterocycles. The zero-order chi connectivity index (χ0) is 20.5. The molecule has 1 aliphatic heterocycles. The molecule has 0 spiro atoms. The first kappa shape index (κ1) is 22.0. The number of carbonyl (C=O) groups is 2. The van der Waals surface area contributed by atoms with Crippen molar-refractivity contribution in [3.63, 3.8) is 0 Å². The molecule has 0 bridgehead atoms. The first-order valence-corrected chi connectivity index (χ1v) is 9.70. The predicted octanol–water partition coefficient (Wildman–Crippen LogP) is 0.630. The number of aromatic nitrogens is 1. The summed E-state index contributed by atoms with van der Waals surface area (Å²) in [6.07, 6.45) is 1.85. The van der Waals surface area contributed by atoms with E-state index < -0.39 is 6.04 Å². The van der Waals surface area contributed by atoms with Crippen LogP contribution in [0.3, 0.4) is 0 Å². The summed E-state index contributed by atoms with van der Waals surface area (Å²) in [5.41, 5.74) is 5.36. The van der Waals surface area contributed by atoms with Crippen LogP contribution in [0, 0.1) is 20.8 Å². The second kappa shape index (κ2) is 8.95. The van der Waals surface area contributed by atoms with E-state index in [1.807, 2.05) is 92.2 Å². The van der Waals surface area contributed by atoms with Crippen molar-refractivity contribution in [1.29, 1.82) is 0 Å². The predicted molar refractivity (Wildman–Crippen MR) is 113 cm³/mol. The van der Waals surface area contributed by atoms with Crippen LogP contribution in [0.5, 0.6) is 0 Å². The number of rotatable bonds is 3. The van der Waals surface area contributed by atoms with Gasteiger partial charge < -0.3 is 29.3 Å². The van der Waals surface area contributed by atoms with Gasteiger partial charge in [-0.3, -0.25) is 14.5 Å². The van der Waals surface area contributed by atoms with Crippen LogP contribution in [-0.2, 0) is 16.1 Å². The topological polar surface area (TPSA) is 53.3 Å². The molecule has 0 aliphatic carbocycles. The molecule has 2 aromatic carbocycles. The highest BCUT2D eigenvalue weighted by molar-refractivity contribution is 6.06. The van der Waals surface area contributed by atoms with Gasteiger partial charge in [0.1, 0.15) is 0 Å². The zero-order valence-electron chi connectivity index (χ0n) is 17.2. The van der Waals surface area contributed by atoms with Gasteiger partial charge in [0.15, 0.2) is 6.20 Å². The van der Waals surface area contributed by atoms with Gasteiger partial charge in [-0.2, -0.15) is 4.57 Å². The summed E-state index contributed by atoms with van der Waals surface area (Å²) in [4.78, 5) is 28.3. The van der Waals surface area contributed by atoms with Gasteiger partial charge in [-0.1, -0.05) is 42.0 Å². The molecule has 5 nitrogen and oxygen atoms in total. The molecule has 1 aliphatic rings. The van der Waals surface area contributed by atoms with E-state index in [1.54, 1.807) is 4.90 Å². The molecule has 1 atom stereocenters. The Morgan fingerprint density at radius 3 is 2.47 bits per heavy atom. The Morgan fingerprint density at radius 1 is 1.00 bits per heavy atom. The smallest absolute Gasteiger partial charge is 0.294 e. The van der Waals surface area contributed by atoms with Gasteiger partial charge >= 0.3 is 0 Å². The molecule has 2 amide bonds. The molecule has 3 aromatic rings. The first-order valence-electron chi connectivity index (χ1n) is 9.70. The van der Waals surface area contributed by atoms with E-state index in [2.05, 4.69) is 5.32 Å². The Hall–Kier alpha value is -2.74. The number of anilines is 2. The number of halogens is 1. The summed E-state index contributed by atoms with van der Waals surface area (Å²) < 4.78 is 1.85. The highest BCUT2D eigenvalue weighted by atomic mass is 127. The third kappa shape index (κ3) is 4.09. The van der Waals surface area contributed by atoms with E-state index >= 15 is 0 Å². The lowest BCUT2D eigenvalue weighted by Crippen LogP contribution is -3.00. The largest absolute Gasteiger partial charge is 1.00 e. The van der Waals surface area contributed by atoms with Gasteiger partial charge in [-0.05, 0) is 44.0 Å². The molecule has 1 aromatic heterocycles. The Balaban J connectivity index is 0.00000256. The minimum Gasteiger partial charge on any atom is -1.00 e. The number of pyridine rings is 1. The Labute approximate surface area is 193 Å². The second-order valence-electron chi connectivity index (χ2n) is 7.51. The molecule has 1 N–H and O–H groups in total. The highest BCUT2D eigenvalue weighted by Crippen LogP contribution is 2.32. The van der Waals surface area contributed by atoms with Crippen molar-refractivity contribution in [3.8, 4) is 0 Å². The standard InChI is InChI=1S/C24H23N3O2.HI/c1-16-11-12-20(18(3)14-16)27-22(28)15-26-13-7-6-10-21(26)23(27)24(29)25-19-9-5-4-8-17(19)2;/h4-14,23H,15H2,1-3H3;1H. The van der Waals surface area contributed by atoms with E-state index in [9.17, 15) is 9.59 Å². The summed E-state index contributed by atoms with van der Waals surface area (Å²) in [6.45, 7) is 6.14. The van der Waals surface area contributed by atoms with Gasteiger partial charge in [-0.15, -0.1) is 0 Å². The number of aryl methyl sites for hydroxylation is 3. The summed E-state index contributed by atoms with van der Waals surface area (Å²) in [6, 6.07) is 18.5. The molecule has 1 unspecified atom stereocenters. The lowest BCUT2D eigenvalue weighted by molar-refractivity contribution is -0.695. The number of benzene rings is 2. The van der Waals surface area contributed by atoms with Gasteiger partial charge in [0.25, 0.3) is 11.8 Å². The fraction of sp³-hybridized carbons (Fsp3) is 0.208. The van der Waals surface area contributed by atoms with Crippen molar-refractivity contribution in [2.75, 3.05) is 10.2 Å². The maximum absolute atomic E-state index is 13.5. The van der Waals surface area contributed by atoms with E-state index in [1.165, 1.54) is 0 Å². The SMILES string of the molecule is Cc1ccc(N2C(=O)C[n+]3ccccc3C2C(=O)Nc2ccccc2C)c(C)c1.[I-]. The molecule has 4 rings (SSSR count). The lowest BCUT2D eigenvalue weighted by atomic mass is 10.0. The highest BCUT2D eigenvalue weighted by Gasteiger charge is 2.44. The van der Waals surface area contributed by atoms with Crippen molar-refractivity contribution in [2.24, 2.45) is 0 Å². The average molecular weight is 513 g/mol. The normalized spacial score (nSPS) is 15.2. The molecule has 0 saturated carbocycles. The van der Waals surface area contributed by atoms with Gasteiger partial charge in [0.05, 0.1) is 0 Å². The van der Waals surface area contributed by atoms with E-state index in [0.717, 1.165) is 33.8 Å². The summed E-state index contributed by atoms with van der Waals surface area (Å²) >= 11 is 0. The minimum absolute atomic E-state index is 0. The number of fused-ring (bicyclic) bond motifs is 1. The van der Waals surface area contributed by atoms with E-state index in [4.69, 9.17) is 0 Å². The molecule has 0 saturated heterocycles. The maximum atomic E-state index is 13.5. The van der Waals surface area contributed by atoms with Crippen molar-refractivity contribution in [2.45, 2.75) is 33.4 Å². The third-order valence-electron chi connectivity index (χ3n) is 5.35. The summed E-state index contributed by atoms with van der Waals surface area (Å²) in [7, 11) is 0. The second-order valence-corrected chi connectivity index (χ2v) is 7.51. The molecular weight excluding hydrogens is 489 g/mol. The summed E-state index contributed by atoms with van der Waals surface area (Å²) in [5, 5.41) is 3.03. The quantitative estimate of drug-likeness (QED) is 0.413. The average Bonchev–Trinajstić information content (AvgIpc) is 2.69. The number of hydrogen-bond acceptors (Lipinski definition) is 2. The van der Waals surface area contributed by atoms with Crippen LogP contribution in [0.2, 0.25) is 0 Å². The van der Waals surface area contributed by atoms with Crippen LogP contribution in [0.25, 0.3) is 0 Å². The van der Waals surface area contributed by atoms with Crippen LogP contribution in [0.1, 0.15) is 28.4 Å². The Morgan fingerprint density at radius 2 is 1.73 bits per heavy atom. The lowest BCUT2D eigenvalue weighted by Gasteiger charge is -2.33. The Kier molecular flexibility index (Phi) is 6.55. The van der Waals surface area contributed by atoms with Crippen molar-refractivity contribution in [1.82, 2.24) is 0 Å². The number of nitrogens with one attached hydrogen (secondary N) is 1. The number of nitrogens with zero attached hydrogens (tertiary/aromatic N) is 2. The van der Waals surface area contributed by atoms with Crippen LogP contribution >= 0.6 is 0 Å². The van der Waals surface area contributed by atoms with Crippen LogP contribution in [0.4, 0.5) is 11.4 Å². The molecule has 30 heavy (non-hydrogen) atoms. The molecule has 0 fully saturated rings. The van der Waals surface area contributed by atoms with E-state index in [0.29, 0.717) is 0 Å². The fourth-order valence-corrected chi connectivity index (χ4v) is 3.89. The molecule has 6 heteroatoms.